The van der Waals surface area contributed by atoms with E-state index in [2.05, 4.69) is 18.5 Å². The molecule has 1 heteroatoms. The summed E-state index contributed by atoms with van der Waals surface area (Å²) in [6.45, 7) is 5.74. The van der Waals surface area contributed by atoms with Crippen LogP contribution < -0.4 is 0 Å². The summed E-state index contributed by atoms with van der Waals surface area (Å²) in [6, 6.07) is 0. The van der Waals surface area contributed by atoms with Gasteiger partial charge < -0.3 is 4.99 Å². The first-order chi connectivity index (χ1) is 3.81. The van der Waals surface area contributed by atoms with Gasteiger partial charge in [0.1, 0.15) is 0 Å². The highest BCUT2D eigenvalue weighted by molar-refractivity contribution is 5.60. The highest BCUT2D eigenvalue weighted by Crippen LogP contribution is 1.96. The molecule has 0 aromatic carbocycles. The van der Waals surface area contributed by atoms with Crippen molar-refractivity contribution in [1.82, 2.24) is 0 Å². The van der Waals surface area contributed by atoms with Crippen LogP contribution in [-0.2, 0) is 0 Å². The van der Waals surface area contributed by atoms with Crippen molar-refractivity contribution >= 4 is 6.21 Å². The molecule has 0 rings (SSSR count). The highest BCUT2D eigenvalue weighted by atomic mass is 14.6. The summed E-state index contributed by atoms with van der Waals surface area (Å²) in [5.41, 5.74) is 0. The SMILES string of the molecule is C=CCC(C)C=NC. The van der Waals surface area contributed by atoms with Gasteiger partial charge in [0, 0.05) is 13.3 Å². The first-order valence-electron chi connectivity index (χ1n) is 2.84. The fraction of sp³-hybridized carbons (Fsp3) is 0.571. The van der Waals surface area contributed by atoms with Crippen LogP contribution in [0, 0.1) is 5.92 Å². The van der Waals surface area contributed by atoms with Gasteiger partial charge in [0.25, 0.3) is 0 Å². The maximum atomic E-state index is 3.88. The Bertz CT molecular complexity index is 84.4. The number of aliphatic imine (C=N–C) groups is 1. The smallest absolute Gasteiger partial charge is 0.0273 e. The average molecular weight is 111 g/mol. The van der Waals surface area contributed by atoms with Gasteiger partial charge in [-0.1, -0.05) is 13.0 Å². The van der Waals surface area contributed by atoms with Crippen LogP contribution in [0.2, 0.25) is 0 Å². The first-order valence-corrected chi connectivity index (χ1v) is 2.84. The summed E-state index contributed by atoms with van der Waals surface area (Å²) in [4.78, 5) is 3.88. The number of hydrogen-bond acceptors (Lipinski definition) is 1. The highest BCUT2D eigenvalue weighted by Gasteiger charge is 1.89. The van der Waals surface area contributed by atoms with E-state index in [1.807, 2.05) is 12.3 Å². The molecule has 0 bridgehead atoms. The third kappa shape index (κ3) is 3.59. The molecule has 1 nitrogen and oxygen atoms in total. The normalized spacial score (nSPS) is 14.2. The Hall–Kier alpha value is -0.590. The quantitative estimate of drug-likeness (QED) is 0.389. The van der Waals surface area contributed by atoms with Crippen molar-refractivity contribution < 1.29 is 0 Å². The molecule has 0 spiro atoms. The number of hydrogen-bond donors (Lipinski definition) is 0. The van der Waals surface area contributed by atoms with Crippen molar-refractivity contribution in [1.29, 1.82) is 0 Å². The lowest BCUT2D eigenvalue weighted by molar-refractivity contribution is 0.808. The maximum Gasteiger partial charge on any atom is 0.0273 e. The van der Waals surface area contributed by atoms with Crippen molar-refractivity contribution in [2.24, 2.45) is 10.9 Å². The van der Waals surface area contributed by atoms with Gasteiger partial charge in [-0.25, -0.2) is 0 Å². The summed E-state index contributed by atoms with van der Waals surface area (Å²) in [5, 5.41) is 0. The van der Waals surface area contributed by atoms with Gasteiger partial charge in [0.15, 0.2) is 0 Å². The van der Waals surface area contributed by atoms with Gasteiger partial charge in [0.2, 0.25) is 0 Å². The van der Waals surface area contributed by atoms with Crippen LogP contribution in [0.3, 0.4) is 0 Å². The van der Waals surface area contributed by atoms with Crippen LogP contribution in [0.15, 0.2) is 17.6 Å². The van der Waals surface area contributed by atoms with Crippen LogP contribution in [0.4, 0.5) is 0 Å². The van der Waals surface area contributed by atoms with E-state index in [9.17, 15) is 0 Å². The zero-order chi connectivity index (χ0) is 6.41. The minimum absolute atomic E-state index is 0.553. The van der Waals surface area contributed by atoms with E-state index in [0.717, 1.165) is 6.42 Å². The second-order valence-corrected chi connectivity index (χ2v) is 1.91. The molecule has 0 heterocycles. The Morgan fingerprint density at radius 2 is 2.38 bits per heavy atom. The minimum atomic E-state index is 0.553. The van der Waals surface area contributed by atoms with Crippen LogP contribution >= 0.6 is 0 Å². The number of rotatable bonds is 3. The molecular weight excluding hydrogens is 98.1 g/mol. The third-order valence-corrected chi connectivity index (χ3v) is 0.942. The molecule has 0 aromatic rings. The molecule has 0 saturated heterocycles. The minimum Gasteiger partial charge on any atom is -0.301 e. The van der Waals surface area contributed by atoms with E-state index in [1.54, 1.807) is 7.05 Å². The monoisotopic (exact) mass is 111 g/mol. The molecule has 0 aliphatic heterocycles. The van der Waals surface area contributed by atoms with Crippen LogP contribution in [0.25, 0.3) is 0 Å². The molecule has 0 amide bonds. The molecule has 0 aromatic heterocycles. The topological polar surface area (TPSA) is 12.4 Å². The van der Waals surface area contributed by atoms with Crippen molar-refractivity contribution in [3.8, 4) is 0 Å². The fourth-order valence-electron chi connectivity index (χ4n) is 0.578. The lowest BCUT2D eigenvalue weighted by Gasteiger charge is -1.96. The molecular formula is C7H13N. The van der Waals surface area contributed by atoms with Gasteiger partial charge >= 0.3 is 0 Å². The first kappa shape index (κ1) is 7.41. The van der Waals surface area contributed by atoms with E-state index >= 15 is 0 Å². The van der Waals surface area contributed by atoms with Gasteiger partial charge in [-0.05, 0) is 12.3 Å². The van der Waals surface area contributed by atoms with Gasteiger partial charge in [-0.2, -0.15) is 0 Å². The molecule has 1 unspecified atom stereocenters. The Morgan fingerprint density at radius 1 is 1.75 bits per heavy atom. The van der Waals surface area contributed by atoms with Crippen molar-refractivity contribution in [2.75, 3.05) is 7.05 Å². The van der Waals surface area contributed by atoms with Gasteiger partial charge in [0.05, 0.1) is 0 Å². The Labute approximate surface area is 51.1 Å². The predicted octanol–water partition coefficient (Wildman–Crippen LogP) is 1.90. The molecule has 8 heavy (non-hydrogen) atoms. The van der Waals surface area contributed by atoms with Crippen molar-refractivity contribution in [3.63, 3.8) is 0 Å². The summed E-state index contributed by atoms with van der Waals surface area (Å²) in [6.07, 6.45) is 4.87. The van der Waals surface area contributed by atoms with Gasteiger partial charge in [-0.3, -0.25) is 0 Å². The summed E-state index contributed by atoms with van der Waals surface area (Å²) in [7, 11) is 1.79. The van der Waals surface area contributed by atoms with Crippen LogP contribution in [-0.4, -0.2) is 13.3 Å². The fourth-order valence-corrected chi connectivity index (χ4v) is 0.578. The molecule has 0 radical (unpaired) electrons. The molecule has 0 N–H and O–H groups in total. The van der Waals surface area contributed by atoms with Crippen molar-refractivity contribution in [2.45, 2.75) is 13.3 Å². The van der Waals surface area contributed by atoms with Gasteiger partial charge in [-0.15, -0.1) is 6.58 Å². The van der Waals surface area contributed by atoms with Crippen LogP contribution in [0.1, 0.15) is 13.3 Å². The van der Waals surface area contributed by atoms with E-state index < -0.39 is 0 Å². The molecule has 0 fully saturated rings. The average Bonchev–Trinajstić information content (AvgIpc) is 1.68. The molecule has 1 atom stereocenters. The van der Waals surface area contributed by atoms with E-state index in [0.29, 0.717) is 5.92 Å². The van der Waals surface area contributed by atoms with E-state index in [-0.39, 0.29) is 0 Å². The summed E-state index contributed by atoms with van der Waals surface area (Å²) >= 11 is 0. The predicted molar refractivity (Wildman–Crippen MR) is 38.4 cm³/mol. The summed E-state index contributed by atoms with van der Waals surface area (Å²) < 4.78 is 0. The van der Waals surface area contributed by atoms with E-state index in [1.165, 1.54) is 0 Å². The molecule has 0 aliphatic rings. The van der Waals surface area contributed by atoms with Crippen LogP contribution in [0.5, 0.6) is 0 Å². The number of nitrogens with zero attached hydrogens (tertiary/aromatic N) is 1. The van der Waals surface area contributed by atoms with E-state index in [4.69, 9.17) is 0 Å². The third-order valence-electron chi connectivity index (χ3n) is 0.942. The Kier molecular flexibility index (Phi) is 4.23. The Balaban J connectivity index is 3.31. The Morgan fingerprint density at radius 3 is 2.75 bits per heavy atom. The molecule has 46 valence electrons. The second-order valence-electron chi connectivity index (χ2n) is 1.91. The largest absolute Gasteiger partial charge is 0.301 e. The zero-order valence-corrected chi connectivity index (χ0v) is 5.59. The summed E-state index contributed by atoms with van der Waals surface area (Å²) in [5.74, 6) is 0.553. The molecule has 0 saturated carbocycles. The lowest BCUT2D eigenvalue weighted by Crippen LogP contribution is -1.91. The zero-order valence-electron chi connectivity index (χ0n) is 5.59. The lowest BCUT2D eigenvalue weighted by atomic mass is 10.1. The second kappa shape index (κ2) is 4.57. The standard InChI is InChI=1S/C7H13N/c1-4-5-7(2)6-8-3/h4,6-7H,1,5H2,2-3H3. The van der Waals surface area contributed by atoms with Crippen molar-refractivity contribution in [3.05, 3.63) is 12.7 Å². The number of allylic oxidation sites excluding steroid dienone is 1. The molecule has 0 aliphatic carbocycles. The maximum absolute atomic E-state index is 3.88.